The van der Waals surface area contributed by atoms with Crippen LogP contribution in [0.2, 0.25) is 0 Å². The largest absolute Gasteiger partial charge is 0.506 e. The average Bonchev–Trinajstić information content (AvgIpc) is 2.61. The lowest BCUT2D eigenvalue weighted by Crippen LogP contribution is -2.38. The summed E-state index contributed by atoms with van der Waals surface area (Å²) in [7, 11) is 0. The van der Waals surface area contributed by atoms with Gasteiger partial charge in [0.05, 0.1) is 5.69 Å². The molecule has 7 heteroatoms. The number of rotatable bonds is 9. The molecule has 0 aliphatic carbocycles. The minimum Gasteiger partial charge on any atom is -0.506 e. The third-order valence-corrected chi connectivity index (χ3v) is 4.14. The van der Waals surface area contributed by atoms with Gasteiger partial charge >= 0.3 is 11.9 Å². The highest BCUT2D eigenvalue weighted by Gasteiger charge is 2.20. The molecule has 7 nitrogen and oxygen atoms in total. The summed E-state index contributed by atoms with van der Waals surface area (Å²) >= 11 is 0. The smallest absolute Gasteiger partial charge is 0.321 e. The van der Waals surface area contributed by atoms with Crippen LogP contribution in [0.1, 0.15) is 28.8 Å². The summed E-state index contributed by atoms with van der Waals surface area (Å²) in [6, 6.07) is 8.41. The Hall–Kier alpha value is -2.93. The maximum Gasteiger partial charge on any atom is 0.321 e. The highest BCUT2D eigenvalue weighted by atomic mass is 16.4. The van der Waals surface area contributed by atoms with Crippen LogP contribution in [-0.2, 0) is 29.0 Å². The molecule has 1 aromatic heterocycles. The second-order valence-electron chi connectivity index (χ2n) is 6.05. The van der Waals surface area contributed by atoms with Crippen molar-refractivity contribution in [1.29, 1.82) is 0 Å². The van der Waals surface area contributed by atoms with Gasteiger partial charge in [0.2, 0.25) is 0 Å². The zero-order valence-electron chi connectivity index (χ0n) is 14.5. The van der Waals surface area contributed by atoms with E-state index in [1.165, 1.54) is 6.20 Å². The molecule has 0 radical (unpaired) electrons. The molecule has 0 aliphatic rings. The molecule has 1 aromatic carbocycles. The molecular formula is C19H22N2O5. The van der Waals surface area contributed by atoms with Gasteiger partial charge in [0, 0.05) is 24.7 Å². The van der Waals surface area contributed by atoms with Crippen LogP contribution >= 0.6 is 0 Å². The van der Waals surface area contributed by atoms with E-state index in [0.717, 1.165) is 5.56 Å². The van der Waals surface area contributed by atoms with Crippen molar-refractivity contribution in [2.24, 2.45) is 0 Å². The summed E-state index contributed by atoms with van der Waals surface area (Å²) in [5, 5.41) is 31.6. The van der Waals surface area contributed by atoms with Gasteiger partial charge in [-0.15, -0.1) is 0 Å². The first-order valence-electron chi connectivity index (χ1n) is 8.26. The van der Waals surface area contributed by atoms with E-state index in [1.807, 2.05) is 30.3 Å². The quantitative estimate of drug-likeness (QED) is 0.540. The van der Waals surface area contributed by atoms with E-state index < -0.39 is 18.0 Å². The van der Waals surface area contributed by atoms with Crippen LogP contribution in [0.25, 0.3) is 0 Å². The van der Waals surface area contributed by atoms with Gasteiger partial charge < -0.3 is 15.3 Å². The van der Waals surface area contributed by atoms with Gasteiger partial charge in [-0.3, -0.25) is 19.9 Å². The molecule has 2 rings (SSSR count). The van der Waals surface area contributed by atoms with E-state index in [2.05, 4.69) is 10.3 Å². The fourth-order valence-corrected chi connectivity index (χ4v) is 2.66. The molecule has 0 saturated heterocycles. The van der Waals surface area contributed by atoms with Crippen LogP contribution in [0.5, 0.6) is 5.75 Å². The maximum atomic E-state index is 11.6. The highest BCUT2D eigenvalue weighted by Crippen LogP contribution is 2.25. The topological polar surface area (TPSA) is 120 Å². The Morgan fingerprint density at radius 2 is 1.88 bits per heavy atom. The highest BCUT2D eigenvalue weighted by molar-refractivity contribution is 5.74. The van der Waals surface area contributed by atoms with Gasteiger partial charge in [-0.1, -0.05) is 30.3 Å². The molecule has 1 heterocycles. The third kappa shape index (κ3) is 5.29. The lowest BCUT2D eigenvalue weighted by Gasteiger charge is -2.18. The predicted molar refractivity (Wildman–Crippen MR) is 95.0 cm³/mol. The Morgan fingerprint density at radius 3 is 2.50 bits per heavy atom. The van der Waals surface area contributed by atoms with Gasteiger partial charge in [0.25, 0.3) is 0 Å². The standard InChI is InChI=1S/C19H22N2O5/c1-12-18(24)15(14(10-20-12)7-8-17(22)23)11-21-16(19(25)26)9-13-5-3-2-4-6-13/h2-6,10,16,21,24H,7-9,11H2,1H3,(H,22,23)(H,25,26). The van der Waals surface area contributed by atoms with Crippen molar-refractivity contribution in [1.82, 2.24) is 10.3 Å². The number of hydrogen-bond donors (Lipinski definition) is 4. The maximum absolute atomic E-state index is 11.6. The average molecular weight is 358 g/mol. The van der Waals surface area contributed by atoms with E-state index in [0.29, 0.717) is 23.2 Å². The lowest BCUT2D eigenvalue weighted by molar-refractivity contribution is -0.139. The lowest BCUT2D eigenvalue weighted by atomic mass is 10.0. The van der Waals surface area contributed by atoms with Crippen molar-refractivity contribution in [3.63, 3.8) is 0 Å². The Balaban J connectivity index is 2.15. The molecule has 0 spiro atoms. The van der Waals surface area contributed by atoms with E-state index in [1.54, 1.807) is 6.92 Å². The van der Waals surface area contributed by atoms with Crippen LogP contribution in [0.3, 0.4) is 0 Å². The molecule has 2 aromatic rings. The van der Waals surface area contributed by atoms with Crippen LogP contribution < -0.4 is 5.32 Å². The number of nitrogens with one attached hydrogen (secondary N) is 1. The first kappa shape index (κ1) is 19.4. The minimum atomic E-state index is -0.994. The molecule has 1 unspecified atom stereocenters. The fourth-order valence-electron chi connectivity index (χ4n) is 2.66. The number of carboxylic acids is 2. The number of hydrogen-bond acceptors (Lipinski definition) is 5. The molecule has 4 N–H and O–H groups in total. The van der Waals surface area contributed by atoms with Gasteiger partial charge in [0.15, 0.2) is 0 Å². The van der Waals surface area contributed by atoms with E-state index >= 15 is 0 Å². The number of pyridine rings is 1. The number of nitrogens with zero attached hydrogens (tertiary/aromatic N) is 1. The van der Waals surface area contributed by atoms with Crippen LogP contribution in [0.15, 0.2) is 36.5 Å². The number of aromatic hydroxyl groups is 1. The van der Waals surface area contributed by atoms with Crippen molar-refractivity contribution in [2.45, 2.75) is 38.8 Å². The van der Waals surface area contributed by atoms with Crippen molar-refractivity contribution in [3.05, 3.63) is 58.9 Å². The fraction of sp³-hybridized carbons (Fsp3) is 0.316. The molecule has 1 atom stereocenters. The molecule has 0 aliphatic heterocycles. The number of aromatic nitrogens is 1. The van der Waals surface area contributed by atoms with Gasteiger partial charge in [-0.05, 0) is 30.9 Å². The van der Waals surface area contributed by atoms with E-state index in [-0.39, 0.29) is 25.1 Å². The summed E-state index contributed by atoms with van der Waals surface area (Å²) in [6.45, 7) is 1.74. The molecule has 0 bridgehead atoms. The molecular weight excluding hydrogens is 336 g/mol. The van der Waals surface area contributed by atoms with Gasteiger partial charge in [-0.2, -0.15) is 0 Å². The number of benzene rings is 1. The SMILES string of the molecule is Cc1ncc(CCC(=O)O)c(CNC(Cc2ccccc2)C(=O)O)c1O. The predicted octanol–water partition coefficient (Wildman–Crippen LogP) is 1.90. The van der Waals surface area contributed by atoms with Gasteiger partial charge in [-0.25, -0.2) is 0 Å². The summed E-state index contributed by atoms with van der Waals surface area (Å²) in [5.41, 5.74) is 2.37. The Labute approximate surface area is 151 Å². The number of carboxylic acid groups (broad SMARTS) is 2. The van der Waals surface area contributed by atoms with Crippen molar-refractivity contribution < 1.29 is 24.9 Å². The van der Waals surface area contributed by atoms with Crippen molar-refractivity contribution in [2.75, 3.05) is 0 Å². The molecule has 0 saturated carbocycles. The van der Waals surface area contributed by atoms with E-state index in [4.69, 9.17) is 5.11 Å². The zero-order chi connectivity index (χ0) is 19.1. The first-order chi connectivity index (χ1) is 12.4. The Bertz CT molecular complexity index is 777. The molecule has 0 fully saturated rings. The van der Waals surface area contributed by atoms with Crippen molar-refractivity contribution >= 4 is 11.9 Å². The van der Waals surface area contributed by atoms with Crippen LogP contribution in [0, 0.1) is 6.92 Å². The Morgan fingerprint density at radius 1 is 1.19 bits per heavy atom. The van der Waals surface area contributed by atoms with Crippen LogP contribution in [0.4, 0.5) is 0 Å². The third-order valence-electron chi connectivity index (χ3n) is 4.14. The molecule has 0 amide bonds. The minimum absolute atomic E-state index is 0.0377. The van der Waals surface area contributed by atoms with Crippen molar-refractivity contribution in [3.8, 4) is 5.75 Å². The summed E-state index contributed by atoms with van der Waals surface area (Å²) in [4.78, 5) is 26.4. The second-order valence-corrected chi connectivity index (χ2v) is 6.05. The molecule has 138 valence electrons. The summed E-state index contributed by atoms with van der Waals surface area (Å²) in [6.07, 6.45) is 1.95. The Kier molecular flexibility index (Phi) is 6.68. The van der Waals surface area contributed by atoms with E-state index in [9.17, 15) is 19.8 Å². The van der Waals surface area contributed by atoms with Gasteiger partial charge in [0.1, 0.15) is 11.8 Å². The normalized spacial score (nSPS) is 11.9. The van der Waals surface area contributed by atoms with Crippen LogP contribution in [-0.4, -0.2) is 38.3 Å². The first-order valence-corrected chi connectivity index (χ1v) is 8.26. The summed E-state index contributed by atoms with van der Waals surface area (Å²) in [5.74, 6) is -1.98. The molecule has 26 heavy (non-hydrogen) atoms. The monoisotopic (exact) mass is 358 g/mol. The summed E-state index contributed by atoms with van der Waals surface area (Å²) < 4.78 is 0. The number of carbonyl (C=O) groups is 2. The number of aliphatic carboxylic acids is 2. The number of aryl methyl sites for hydroxylation is 2. The second kappa shape index (κ2) is 8.96. The zero-order valence-corrected chi connectivity index (χ0v) is 14.5.